The number of benzene rings is 1. The first-order valence-electron chi connectivity index (χ1n) is 6.90. The highest BCUT2D eigenvalue weighted by Gasteiger charge is 2.19. The normalized spacial score (nSPS) is 11.4. The Morgan fingerprint density at radius 3 is 2.29 bits per heavy atom. The van der Waals surface area contributed by atoms with Crippen molar-refractivity contribution in [3.8, 4) is 0 Å². The highest BCUT2D eigenvalue weighted by molar-refractivity contribution is 6.29. The van der Waals surface area contributed by atoms with Crippen LogP contribution in [0.5, 0.6) is 0 Å². The first-order chi connectivity index (χ1) is 11.4. The van der Waals surface area contributed by atoms with E-state index in [1.54, 1.807) is 0 Å². The molecule has 1 heterocycles. The third-order valence-electron chi connectivity index (χ3n) is 3.05. The molecule has 0 aliphatic rings. The zero-order valence-electron chi connectivity index (χ0n) is 12.7. The fraction of sp³-hybridized carbons (Fsp3) is 0.125. The van der Waals surface area contributed by atoms with Gasteiger partial charge in [0.2, 0.25) is 5.91 Å². The second-order valence-electron chi connectivity index (χ2n) is 4.85. The van der Waals surface area contributed by atoms with Crippen molar-refractivity contribution in [3.63, 3.8) is 0 Å². The molecule has 0 aliphatic heterocycles. The first kappa shape index (κ1) is 17.4. The van der Waals surface area contributed by atoms with Gasteiger partial charge in [0.25, 0.3) is 5.91 Å². The van der Waals surface area contributed by atoms with E-state index in [0.29, 0.717) is 11.3 Å². The summed E-state index contributed by atoms with van der Waals surface area (Å²) < 4.78 is 5.06. The Balaban J connectivity index is 1.95. The molecule has 1 atom stereocenters. The van der Waals surface area contributed by atoms with Crippen molar-refractivity contribution in [1.82, 2.24) is 4.98 Å². The van der Waals surface area contributed by atoms with E-state index < -0.39 is 23.9 Å². The molecule has 124 valence electrons. The molecule has 0 bridgehead atoms. The lowest BCUT2D eigenvalue weighted by Crippen LogP contribution is -2.30. The maximum absolute atomic E-state index is 12.0. The van der Waals surface area contributed by atoms with Crippen LogP contribution in [0.15, 0.2) is 42.6 Å². The maximum atomic E-state index is 12.0. The van der Waals surface area contributed by atoms with Crippen LogP contribution < -0.4 is 11.1 Å². The number of ether oxygens (including phenoxy) is 1. The van der Waals surface area contributed by atoms with Gasteiger partial charge in [0.05, 0.1) is 5.56 Å². The van der Waals surface area contributed by atoms with Crippen LogP contribution in [0.25, 0.3) is 0 Å². The van der Waals surface area contributed by atoms with Crippen LogP contribution in [-0.4, -0.2) is 28.9 Å². The molecule has 1 aromatic heterocycles. The summed E-state index contributed by atoms with van der Waals surface area (Å²) in [4.78, 5) is 38.7. The summed E-state index contributed by atoms with van der Waals surface area (Å²) >= 11 is 5.64. The van der Waals surface area contributed by atoms with Crippen molar-refractivity contribution in [2.75, 3.05) is 5.32 Å². The van der Waals surface area contributed by atoms with Gasteiger partial charge in [-0.25, -0.2) is 9.78 Å². The van der Waals surface area contributed by atoms with Gasteiger partial charge >= 0.3 is 5.97 Å². The van der Waals surface area contributed by atoms with E-state index in [2.05, 4.69) is 10.3 Å². The molecule has 2 rings (SSSR count). The SMILES string of the molecule is C[C@@H](OC(=O)c1ccc(Cl)nc1)C(=O)Nc1ccc(C(N)=O)cc1. The number of nitrogens with one attached hydrogen (secondary N) is 1. The molecular formula is C16H14ClN3O4. The molecule has 0 spiro atoms. The van der Waals surface area contributed by atoms with E-state index in [0.717, 1.165) is 0 Å². The molecule has 2 aromatic rings. The Morgan fingerprint density at radius 1 is 1.12 bits per heavy atom. The molecule has 0 radical (unpaired) electrons. The van der Waals surface area contributed by atoms with Gasteiger partial charge in [-0.2, -0.15) is 0 Å². The van der Waals surface area contributed by atoms with Crippen molar-refractivity contribution in [1.29, 1.82) is 0 Å². The zero-order chi connectivity index (χ0) is 17.7. The summed E-state index contributed by atoms with van der Waals surface area (Å²) in [5.41, 5.74) is 6.09. The van der Waals surface area contributed by atoms with E-state index in [1.165, 1.54) is 49.5 Å². The molecule has 8 heteroatoms. The Morgan fingerprint density at radius 2 is 1.75 bits per heavy atom. The molecule has 7 nitrogen and oxygen atoms in total. The average molecular weight is 348 g/mol. The predicted octanol–water partition coefficient (Wildman–Crippen LogP) is 2.02. The van der Waals surface area contributed by atoms with Crippen molar-refractivity contribution < 1.29 is 19.1 Å². The summed E-state index contributed by atoms with van der Waals surface area (Å²) in [6.07, 6.45) is 0.238. The molecule has 0 unspecified atom stereocenters. The van der Waals surface area contributed by atoms with Gasteiger partial charge in [-0.05, 0) is 43.3 Å². The van der Waals surface area contributed by atoms with Gasteiger partial charge in [-0.3, -0.25) is 9.59 Å². The summed E-state index contributed by atoms with van der Waals surface area (Å²) in [5.74, 6) is -1.77. The standard InChI is InChI=1S/C16H14ClN3O4/c1-9(24-16(23)11-4-7-13(17)19-8-11)15(22)20-12-5-2-10(3-6-12)14(18)21/h2-9H,1H3,(H2,18,21)(H,20,22)/t9-/m1/s1. The molecular weight excluding hydrogens is 334 g/mol. The zero-order valence-corrected chi connectivity index (χ0v) is 13.4. The van der Waals surface area contributed by atoms with E-state index in [4.69, 9.17) is 22.1 Å². The number of hydrogen-bond acceptors (Lipinski definition) is 5. The smallest absolute Gasteiger partial charge is 0.340 e. The molecule has 0 saturated carbocycles. The second kappa shape index (κ2) is 7.56. The third-order valence-corrected chi connectivity index (χ3v) is 3.28. The van der Waals surface area contributed by atoms with Crippen LogP contribution in [0.4, 0.5) is 5.69 Å². The lowest BCUT2D eigenvalue weighted by atomic mass is 10.2. The number of carbonyl (C=O) groups is 3. The fourth-order valence-electron chi connectivity index (χ4n) is 1.74. The van der Waals surface area contributed by atoms with E-state index in [9.17, 15) is 14.4 Å². The number of nitrogens with zero attached hydrogens (tertiary/aromatic N) is 1. The summed E-state index contributed by atoms with van der Waals surface area (Å²) in [6, 6.07) is 8.90. The maximum Gasteiger partial charge on any atom is 0.340 e. The van der Waals surface area contributed by atoms with Gasteiger partial charge in [0, 0.05) is 17.4 Å². The van der Waals surface area contributed by atoms with Crippen LogP contribution in [0.3, 0.4) is 0 Å². The van der Waals surface area contributed by atoms with Gasteiger partial charge in [0.15, 0.2) is 6.10 Å². The topological polar surface area (TPSA) is 111 Å². The van der Waals surface area contributed by atoms with Gasteiger partial charge < -0.3 is 15.8 Å². The van der Waals surface area contributed by atoms with Crippen molar-refractivity contribution >= 4 is 35.1 Å². The molecule has 0 aliphatic carbocycles. The van der Waals surface area contributed by atoms with E-state index in [1.807, 2.05) is 0 Å². The lowest BCUT2D eigenvalue weighted by molar-refractivity contribution is -0.123. The number of hydrogen-bond donors (Lipinski definition) is 2. The number of rotatable bonds is 5. The fourth-order valence-corrected chi connectivity index (χ4v) is 1.85. The Bertz CT molecular complexity index is 760. The largest absolute Gasteiger partial charge is 0.449 e. The van der Waals surface area contributed by atoms with Crippen LogP contribution in [-0.2, 0) is 9.53 Å². The highest BCUT2D eigenvalue weighted by atomic mass is 35.5. The first-order valence-corrected chi connectivity index (χ1v) is 7.28. The quantitative estimate of drug-likeness (QED) is 0.634. The summed E-state index contributed by atoms with van der Waals surface area (Å²) in [7, 11) is 0. The summed E-state index contributed by atoms with van der Waals surface area (Å²) in [5, 5.41) is 2.82. The predicted molar refractivity (Wildman–Crippen MR) is 87.7 cm³/mol. The Kier molecular flexibility index (Phi) is 5.49. The number of aromatic nitrogens is 1. The van der Waals surface area contributed by atoms with Crippen LogP contribution in [0, 0.1) is 0 Å². The van der Waals surface area contributed by atoms with Gasteiger partial charge in [0.1, 0.15) is 5.15 Å². The minimum atomic E-state index is -1.02. The number of pyridine rings is 1. The van der Waals surface area contributed by atoms with Crippen molar-refractivity contribution in [2.45, 2.75) is 13.0 Å². The number of halogens is 1. The molecule has 0 fully saturated rings. The monoisotopic (exact) mass is 347 g/mol. The van der Waals surface area contributed by atoms with E-state index in [-0.39, 0.29) is 10.7 Å². The number of amides is 2. The highest BCUT2D eigenvalue weighted by Crippen LogP contribution is 2.11. The molecule has 24 heavy (non-hydrogen) atoms. The second-order valence-corrected chi connectivity index (χ2v) is 5.24. The van der Waals surface area contributed by atoms with Crippen molar-refractivity contribution in [2.24, 2.45) is 5.73 Å². The molecule has 0 saturated heterocycles. The van der Waals surface area contributed by atoms with Gasteiger partial charge in [-0.15, -0.1) is 0 Å². The molecule has 1 aromatic carbocycles. The molecule has 3 N–H and O–H groups in total. The summed E-state index contributed by atoms with van der Waals surface area (Å²) in [6.45, 7) is 1.44. The van der Waals surface area contributed by atoms with Crippen LogP contribution in [0.2, 0.25) is 5.15 Å². The number of esters is 1. The Labute approximate surface area is 142 Å². The van der Waals surface area contributed by atoms with E-state index >= 15 is 0 Å². The number of nitrogens with two attached hydrogens (primary N) is 1. The van der Waals surface area contributed by atoms with Crippen LogP contribution >= 0.6 is 11.6 Å². The minimum absolute atomic E-state index is 0.185. The van der Waals surface area contributed by atoms with Crippen LogP contribution in [0.1, 0.15) is 27.6 Å². The van der Waals surface area contributed by atoms with Crippen molar-refractivity contribution in [3.05, 3.63) is 58.9 Å². The van der Waals surface area contributed by atoms with Gasteiger partial charge in [-0.1, -0.05) is 11.6 Å². The number of carbonyl (C=O) groups excluding carboxylic acids is 3. The third kappa shape index (κ3) is 4.53. The lowest BCUT2D eigenvalue weighted by Gasteiger charge is -2.13. The minimum Gasteiger partial charge on any atom is -0.449 e. The number of primary amides is 1. The molecule has 2 amide bonds. The number of anilines is 1. The average Bonchev–Trinajstić information content (AvgIpc) is 2.55. The Hall–Kier alpha value is -2.93.